The van der Waals surface area contributed by atoms with Gasteiger partial charge in [0.15, 0.2) is 0 Å². The van der Waals surface area contributed by atoms with Crippen LogP contribution in [-0.4, -0.2) is 26.4 Å². The number of rotatable bonds is 9. The van der Waals surface area contributed by atoms with Crippen molar-refractivity contribution in [3.05, 3.63) is 59.7 Å². The lowest BCUT2D eigenvalue weighted by Gasteiger charge is -2.17. The molecule has 124 valence electrons. The zero-order valence-corrected chi connectivity index (χ0v) is 14.2. The third-order valence-electron chi connectivity index (χ3n) is 3.82. The van der Waals surface area contributed by atoms with Crippen LogP contribution in [-0.2, 0) is 17.6 Å². The Labute approximate surface area is 139 Å². The summed E-state index contributed by atoms with van der Waals surface area (Å²) in [6, 6.07) is 16.3. The fourth-order valence-electron chi connectivity index (χ4n) is 2.27. The van der Waals surface area contributed by atoms with E-state index in [0.717, 1.165) is 24.3 Å². The van der Waals surface area contributed by atoms with Gasteiger partial charge in [-0.25, -0.2) is 0 Å². The van der Waals surface area contributed by atoms with Crippen molar-refractivity contribution in [2.24, 2.45) is 0 Å². The van der Waals surface area contributed by atoms with Gasteiger partial charge >= 0.3 is 0 Å². The minimum absolute atomic E-state index is 0.106. The van der Waals surface area contributed by atoms with E-state index < -0.39 is 0 Å². The molecule has 0 bridgehead atoms. The van der Waals surface area contributed by atoms with E-state index in [4.69, 9.17) is 14.2 Å². The second-order valence-corrected chi connectivity index (χ2v) is 5.48. The van der Waals surface area contributed by atoms with Crippen LogP contribution in [0.3, 0.4) is 0 Å². The van der Waals surface area contributed by atoms with E-state index in [-0.39, 0.29) is 6.10 Å². The Bertz CT molecular complexity index is 543. The molecule has 0 fully saturated rings. The van der Waals surface area contributed by atoms with Crippen molar-refractivity contribution in [1.82, 2.24) is 0 Å². The van der Waals surface area contributed by atoms with Crippen LogP contribution in [0.5, 0.6) is 11.5 Å². The highest BCUT2D eigenvalue weighted by atomic mass is 16.6. The summed E-state index contributed by atoms with van der Waals surface area (Å²) in [6.45, 7) is 5.21. The van der Waals surface area contributed by atoms with E-state index in [1.807, 2.05) is 24.3 Å². The van der Waals surface area contributed by atoms with Crippen LogP contribution >= 0.6 is 0 Å². The number of hydrogen-bond acceptors (Lipinski definition) is 3. The zero-order chi connectivity index (χ0) is 16.5. The van der Waals surface area contributed by atoms with Gasteiger partial charge in [-0.15, -0.1) is 0 Å². The molecule has 0 aliphatic heterocycles. The summed E-state index contributed by atoms with van der Waals surface area (Å²) < 4.78 is 17.1. The quantitative estimate of drug-likeness (QED) is 0.691. The average molecular weight is 314 g/mol. The zero-order valence-electron chi connectivity index (χ0n) is 14.2. The van der Waals surface area contributed by atoms with E-state index >= 15 is 0 Å². The lowest BCUT2D eigenvalue weighted by Crippen LogP contribution is -2.27. The molecule has 3 heteroatoms. The first-order valence-corrected chi connectivity index (χ1v) is 8.21. The van der Waals surface area contributed by atoms with E-state index in [1.165, 1.54) is 11.1 Å². The molecule has 0 heterocycles. The van der Waals surface area contributed by atoms with Gasteiger partial charge < -0.3 is 14.2 Å². The molecule has 0 saturated carbocycles. The summed E-state index contributed by atoms with van der Waals surface area (Å²) in [7, 11) is 1.68. The van der Waals surface area contributed by atoms with Crippen LogP contribution in [0.25, 0.3) is 0 Å². The second-order valence-electron chi connectivity index (χ2n) is 5.48. The van der Waals surface area contributed by atoms with Crippen molar-refractivity contribution in [2.75, 3.05) is 20.3 Å². The number of ether oxygens (including phenoxy) is 3. The lowest BCUT2D eigenvalue weighted by atomic mass is 10.2. The van der Waals surface area contributed by atoms with Crippen LogP contribution in [0, 0.1) is 0 Å². The minimum Gasteiger partial charge on any atom is -0.491 e. The molecule has 0 saturated heterocycles. The van der Waals surface area contributed by atoms with Crippen LogP contribution < -0.4 is 9.47 Å². The molecular weight excluding hydrogens is 288 g/mol. The topological polar surface area (TPSA) is 27.7 Å². The van der Waals surface area contributed by atoms with E-state index in [9.17, 15) is 0 Å². The third-order valence-corrected chi connectivity index (χ3v) is 3.82. The first kappa shape index (κ1) is 17.4. The molecular formula is C20H26O3. The predicted molar refractivity (Wildman–Crippen MR) is 93.4 cm³/mol. The van der Waals surface area contributed by atoms with Gasteiger partial charge in [-0.3, -0.25) is 0 Å². The summed E-state index contributed by atoms with van der Waals surface area (Å²) in [6.07, 6.45) is 1.90. The SMILES string of the molecule is CCc1cccc(OCC(COc2cccc(CC)c2)OC)c1. The summed E-state index contributed by atoms with van der Waals surface area (Å²) in [5.41, 5.74) is 2.54. The molecule has 3 nitrogen and oxygen atoms in total. The van der Waals surface area contributed by atoms with Crippen molar-refractivity contribution < 1.29 is 14.2 Å². The molecule has 0 spiro atoms. The fourth-order valence-corrected chi connectivity index (χ4v) is 2.27. The van der Waals surface area contributed by atoms with Gasteiger partial charge in [-0.1, -0.05) is 38.1 Å². The monoisotopic (exact) mass is 314 g/mol. The molecule has 2 rings (SSSR count). The number of aryl methyl sites for hydroxylation is 2. The Morgan fingerprint density at radius 2 is 1.26 bits per heavy atom. The average Bonchev–Trinajstić information content (AvgIpc) is 2.62. The summed E-state index contributed by atoms with van der Waals surface area (Å²) in [5.74, 6) is 1.75. The van der Waals surface area contributed by atoms with Gasteiger partial charge in [0.2, 0.25) is 0 Å². The third kappa shape index (κ3) is 5.61. The number of benzene rings is 2. The molecule has 0 radical (unpaired) electrons. The maximum Gasteiger partial charge on any atom is 0.125 e. The minimum atomic E-state index is -0.106. The van der Waals surface area contributed by atoms with E-state index in [0.29, 0.717) is 13.2 Å². The van der Waals surface area contributed by atoms with Gasteiger partial charge in [-0.2, -0.15) is 0 Å². The fraction of sp³-hybridized carbons (Fsp3) is 0.400. The maximum absolute atomic E-state index is 5.83. The maximum atomic E-state index is 5.83. The largest absolute Gasteiger partial charge is 0.491 e. The molecule has 0 amide bonds. The normalized spacial score (nSPS) is 10.8. The smallest absolute Gasteiger partial charge is 0.125 e. The second kappa shape index (κ2) is 9.21. The van der Waals surface area contributed by atoms with Crippen LogP contribution in [0.1, 0.15) is 25.0 Å². The lowest BCUT2D eigenvalue weighted by molar-refractivity contribution is 0.0237. The standard InChI is InChI=1S/C20H26O3/c1-4-16-8-6-10-18(12-16)22-14-20(21-3)15-23-19-11-7-9-17(5-2)13-19/h6-13,20H,4-5,14-15H2,1-3H3. The van der Waals surface area contributed by atoms with Crippen molar-refractivity contribution >= 4 is 0 Å². The first-order valence-electron chi connectivity index (χ1n) is 8.21. The highest BCUT2D eigenvalue weighted by Gasteiger charge is 2.10. The van der Waals surface area contributed by atoms with Crippen molar-refractivity contribution in [3.63, 3.8) is 0 Å². The molecule has 0 aliphatic rings. The van der Waals surface area contributed by atoms with Gasteiger partial charge in [0, 0.05) is 7.11 Å². The van der Waals surface area contributed by atoms with Crippen molar-refractivity contribution in [1.29, 1.82) is 0 Å². The molecule has 0 aliphatic carbocycles. The molecule has 2 aromatic rings. The van der Waals surface area contributed by atoms with Gasteiger partial charge in [0.05, 0.1) is 0 Å². The van der Waals surface area contributed by atoms with Crippen molar-refractivity contribution in [3.8, 4) is 11.5 Å². The molecule has 23 heavy (non-hydrogen) atoms. The molecule has 2 aromatic carbocycles. The Kier molecular flexibility index (Phi) is 6.95. The van der Waals surface area contributed by atoms with Crippen LogP contribution in [0.2, 0.25) is 0 Å². The van der Waals surface area contributed by atoms with Crippen LogP contribution in [0.15, 0.2) is 48.5 Å². The number of hydrogen-bond donors (Lipinski definition) is 0. The molecule has 0 N–H and O–H groups in total. The summed E-state index contributed by atoms with van der Waals surface area (Å²) >= 11 is 0. The number of methoxy groups -OCH3 is 1. The predicted octanol–water partition coefficient (Wildman–Crippen LogP) is 4.28. The Balaban J connectivity index is 1.84. The Morgan fingerprint density at radius 1 is 0.783 bits per heavy atom. The van der Waals surface area contributed by atoms with E-state index in [2.05, 4.69) is 38.1 Å². The van der Waals surface area contributed by atoms with Crippen LogP contribution in [0.4, 0.5) is 0 Å². The van der Waals surface area contributed by atoms with Gasteiger partial charge in [0.25, 0.3) is 0 Å². The Morgan fingerprint density at radius 3 is 1.65 bits per heavy atom. The molecule has 0 atom stereocenters. The highest BCUT2D eigenvalue weighted by Crippen LogP contribution is 2.16. The summed E-state index contributed by atoms with van der Waals surface area (Å²) in [5, 5.41) is 0. The molecule has 0 unspecified atom stereocenters. The highest BCUT2D eigenvalue weighted by molar-refractivity contribution is 5.29. The molecule has 0 aromatic heterocycles. The van der Waals surface area contributed by atoms with Gasteiger partial charge in [-0.05, 0) is 48.2 Å². The van der Waals surface area contributed by atoms with Crippen molar-refractivity contribution in [2.45, 2.75) is 32.8 Å². The Hall–Kier alpha value is -2.00. The first-order chi connectivity index (χ1) is 11.2. The van der Waals surface area contributed by atoms with E-state index in [1.54, 1.807) is 7.11 Å². The van der Waals surface area contributed by atoms with Gasteiger partial charge in [0.1, 0.15) is 30.8 Å². The summed E-state index contributed by atoms with van der Waals surface area (Å²) in [4.78, 5) is 0.